The van der Waals surface area contributed by atoms with Gasteiger partial charge in [-0.2, -0.15) is 0 Å². The Labute approximate surface area is 131 Å². The van der Waals surface area contributed by atoms with Gasteiger partial charge in [0.2, 0.25) is 0 Å². The van der Waals surface area contributed by atoms with E-state index < -0.39 is 0 Å². The maximum atomic E-state index is 12.6. The minimum atomic E-state index is 0.104. The van der Waals surface area contributed by atoms with Crippen molar-refractivity contribution >= 4 is 17.2 Å². The molecule has 0 saturated heterocycles. The van der Waals surface area contributed by atoms with Gasteiger partial charge in [-0.05, 0) is 39.1 Å². The Morgan fingerprint density at radius 2 is 2.05 bits per heavy atom. The van der Waals surface area contributed by atoms with Gasteiger partial charge in [0.05, 0.1) is 16.3 Å². The van der Waals surface area contributed by atoms with Gasteiger partial charge < -0.3 is 15.5 Å². The van der Waals surface area contributed by atoms with Crippen molar-refractivity contribution in [3.05, 3.63) is 21.4 Å². The van der Waals surface area contributed by atoms with Crippen LogP contribution >= 0.6 is 11.3 Å². The molecule has 0 bridgehead atoms. The lowest BCUT2D eigenvalue weighted by Crippen LogP contribution is -2.36. The summed E-state index contributed by atoms with van der Waals surface area (Å²) in [6.45, 7) is 6.82. The molecule has 5 heteroatoms. The summed E-state index contributed by atoms with van der Waals surface area (Å²) < 4.78 is 0. The van der Waals surface area contributed by atoms with E-state index in [0.29, 0.717) is 6.54 Å². The van der Waals surface area contributed by atoms with Gasteiger partial charge in [0.1, 0.15) is 0 Å². The average Bonchev–Trinajstić information content (AvgIpc) is 2.81. The zero-order valence-corrected chi connectivity index (χ0v) is 14.2. The van der Waals surface area contributed by atoms with Crippen molar-refractivity contribution in [1.29, 1.82) is 0 Å². The molecule has 0 aliphatic rings. The number of likely N-dealkylation sites (N-methyl/N-ethyl adjacent to an activating group) is 1. The number of aryl methyl sites for hydroxylation is 1. The van der Waals surface area contributed by atoms with E-state index in [0.717, 1.165) is 41.4 Å². The number of hydrogen-bond acceptors (Lipinski definition) is 4. The quantitative estimate of drug-likeness (QED) is 0.815. The fourth-order valence-electron chi connectivity index (χ4n) is 1.90. The van der Waals surface area contributed by atoms with Gasteiger partial charge in [-0.15, -0.1) is 11.3 Å². The molecule has 0 atom stereocenters. The Balaban J connectivity index is 2.87. The summed E-state index contributed by atoms with van der Waals surface area (Å²) >= 11 is 1.46. The summed E-state index contributed by atoms with van der Waals surface area (Å²) in [5.41, 5.74) is 6.45. The monoisotopic (exact) mass is 307 g/mol. The van der Waals surface area contributed by atoms with E-state index in [2.05, 4.69) is 23.7 Å². The van der Waals surface area contributed by atoms with Crippen molar-refractivity contribution in [3.63, 3.8) is 0 Å². The molecule has 1 aromatic rings. The number of nitrogens with zero attached hydrogens (tertiary/aromatic N) is 2. The fourth-order valence-corrected chi connectivity index (χ4v) is 2.92. The predicted octanol–water partition coefficient (Wildman–Crippen LogP) is 1.78. The Kier molecular flexibility index (Phi) is 7.44. The molecule has 0 spiro atoms. The molecular weight excluding hydrogens is 282 g/mol. The molecule has 0 fully saturated rings. The van der Waals surface area contributed by atoms with Crippen molar-refractivity contribution in [2.75, 3.05) is 40.3 Å². The van der Waals surface area contributed by atoms with E-state index in [-0.39, 0.29) is 5.91 Å². The van der Waals surface area contributed by atoms with Crippen molar-refractivity contribution in [2.45, 2.75) is 20.3 Å². The van der Waals surface area contributed by atoms with E-state index in [1.807, 2.05) is 32.0 Å². The topological polar surface area (TPSA) is 49.6 Å². The summed E-state index contributed by atoms with van der Waals surface area (Å²) in [5.74, 6) is 5.99. The maximum absolute atomic E-state index is 12.6. The third kappa shape index (κ3) is 5.50. The molecule has 0 unspecified atom stereocenters. The van der Waals surface area contributed by atoms with Gasteiger partial charge in [0.15, 0.2) is 0 Å². The van der Waals surface area contributed by atoms with Gasteiger partial charge in [0.25, 0.3) is 5.91 Å². The normalized spacial score (nSPS) is 10.4. The zero-order valence-electron chi connectivity index (χ0n) is 13.4. The highest BCUT2D eigenvalue weighted by Gasteiger charge is 2.18. The molecule has 1 amide bonds. The number of hydrogen-bond donors (Lipinski definition) is 1. The summed E-state index contributed by atoms with van der Waals surface area (Å²) in [6, 6.07) is 1.94. The first kappa shape index (κ1) is 17.7. The lowest BCUT2D eigenvalue weighted by Gasteiger charge is -2.23. The molecule has 4 nitrogen and oxygen atoms in total. The van der Waals surface area contributed by atoms with Crippen LogP contribution in [0, 0.1) is 18.8 Å². The Morgan fingerprint density at radius 3 is 2.62 bits per heavy atom. The Hall–Kier alpha value is -1.35. The first-order chi connectivity index (χ1) is 9.99. The highest BCUT2D eigenvalue weighted by Crippen LogP contribution is 2.22. The van der Waals surface area contributed by atoms with Crippen LogP contribution in [0.4, 0.5) is 0 Å². The molecule has 0 radical (unpaired) electrons. The molecule has 0 aliphatic carbocycles. The van der Waals surface area contributed by atoms with Crippen molar-refractivity contribution in [3.8, 4) is 11.8 Å². The minimum absolute atomic E-state index is 0.104. The minimum Gasteiger partial charge on any atom is -0.337 e. The highest BCUT2D eigenvalue weighted by atomic mass is 32.1. The van der Waals surface area contributed by atoms with Crippen LogP contribution in [0.25, 0.3) is 0 Å². The fraction of sp³-hybridized carbons (Fsp3) is 0.562. The van der Waals surface area contributed by atoms with Crippen LogP contribution in [0.15, 0.2) is 6.07 Å². The van der Waals surface area contributed by atoms with Crippen molar-refractivity contribution in [2.24, 2.45) is 5.73 Å². The smallest absolute Gasteiger partial charge is 0.264 e. The van der Waals surface area contributed by atoms with Gasteiger partial charge >= 0.3 is 0 Å². The third-order valence-corrected chi connectivity index (χ3v) is 4.17. The molecule has 0 aliphatic heterocycles. The molecule has 21 heavy (non-hydrogen) atoms. The molecule has 1 aromatic heterocycles. The lowest BCUT2D eigenvalue weighted by atomic mass is 10.2. The molecular formula is C16H25N3OS. The highest BCUT2D eigenvalue weighted by molar-refractivity contribution is 7.14. The second-order valence-corrected chi connectivity index (χ2v) is 6.28. The SMILES string of the molecule is CCCN(CCN(C)C)C(=O)c1cc(C)c(C#CCN)s1. The lowest BCUT2D eigenvalue weighted by molar-refractivity contribution is 0.0750. The van der Waals surface area contributed by atoms with Crippen LogP contribution in [0.5, 0.6) is 0 Å². The van der Waals surface area contributed by atoms with Crippen LogP contribution in [0.1, 0.15) is 33.5 Å². The van der Waals surface area contributed by atoms with E-state index in [9.17, 15) is 4.79 Å². The van der Waals surface area contributed by atoms with E-state index >= 15 is 0 Å². The number of thiophene rings is 1. The number of amides is 1. The van der Waals surface area contributed by atoms with Crippen molar-refractivity contribution < 1.29 is 4.79 Å². The van der Waals surface area contributed by atoms with Gasteiger partial charge in [-0.1, -0.05) is 18.8 Å². The predicted molar refractivity (Wildman–Crippen MR) is 89.7 cm³/mol. The number of nitrogens with two attached hydrogens (primary N) is 1. The second-order valence-electron chi connectivity index (χ2n) is 5.22. The largest absolute Gasteiger partial charge is 0.337 e. The third-order valence-electron chi connectivity index (χ3n) is 3.03. The molecule has 1 rings (SSSR count). The Morgan fingerprint density at radius 1 is 1.33 bits per heavy atom. The second kappa shape index (κ2) is 8.83. The van der Waals surface area contributed by atoms with E-state index in [1.54, 1.807) is 0 Å². The zero-order chi connectivity index (χ0) is 15.8. The van der Waals surface area contributed by atoms with E-state index in [4.69, 9.17) is 5.73 Å². The van der Waals surface area contributed by atoms with Gasteiger partial charge in [0, 0.05) is 19.6 Å². The number of rotatable bonds is 6. The van der Waals surface area contributed by atoms with Crippen molar-refractivity contribution in [1.82, 2.24) is 9.80 Å². The average molecular weight is 307 g/mol. The molecule has 0 aromatic carbocycles. The van der Waals surface area contributed by atoms with Crippen LogP contribution in [0.3, 0.4) is 0 Å². The molecule has 116 valence electrons. The Bertz CT molecular complexity index is 525. The van der Waals surface area contributed by atoms with Crippen LogP contribution in [0.2, 0.25) is 0 Å². The van der Waals surface area contributed by atoms with Crippen LogP contribution in [-0.2, 0) is 0 Å². The molecule has 0 saturated carbocycles. The number of carbonyl (C=O) groups is 1. The summed E-state index contributed by atoms with van der Waals surface area (Å²) in [4.78, 5) is 18.3. The summed E-state index contributed by atoms with van der Waals surface area (Å²) in [7, 11) is 4.04. The summed E-state index contributed by atoms with van der Waals surface area (Å²) in [5, 5.41) is 0. The van der Waals surface area contributed by atoms with Crippen LogP contribution in [-0.4, -0.2) is 56.0 Å². The molecule has 1 heterocycles. The molecule has 2 N–H and O–H groups in total. The van der Waals surface area contributed by atoms with E-state index in [1.165, 1.54) is 11.3 Å². The van der Waals surface area contributed by atoms with Gasteiger partial charge in [-0.25, -0.2) is 0 Å². The van der Waals surface area contributed by atoms with Crippen LogP contribution < -0.4 is 5.73 Å². The summed E-state index contributed by atoms with van der Waals surface area (Å²) in [6.07, 6.45) is 0.962. The van der Waals surface area contributed by atoms with Gasteiger partial charge in [-0.3, -0.25) is 4.79 Å². The maximum Gasteiger partial charge on any atom is 0.264 e. The first-order valence-corrected chi connectivity index (χ1v) is 8.04. The number of carbonyl (C=O) groups excluding carboxylic acids is 1. The first-order valence-electron chi connectivity index (χ1n) is 7.23. The standard InChI is InChI=1S/C16H25N3OS/c1-5-9-19(11-10-18(3)4)16(20)15-12-13(2)14(21-15)7-6-8-17/h12H,5,8-11,17H2,1-4H3.